The third-order valence-corrected chi connectivity index (χ3v) is 5.28. The second-order valence-electron chi connectivity index (χ2n) is 4.01. The average Bonchev–Trinajstić information content (AvgIpc) is 2.30. The maximum Gasteiger partial charge on any atom is 0.240 e. The predicted octanol–water partition coefficient (Wildman–Crippen LogP) is 3.65. The predicted molar refractivity (Wildman–Crippen MR) is 78.8 cm³/mol. The Balaban J connectivity index is 2.77. The molecule has 0 aliphatic heterocycles. The first-order valence-electron chi connectivity index (χ1n) is 5.37. The molecule has 3 nitrogen and oxygen atoms in total. The van der Waals surface area contributed by atoms with E-state index < -0.39 is 10.0 Å². The minimum absolute atomic E-state index is 0.192. The molecule has 1 N–H and O–H groups in total. The van der Waals surface area contributed by atoms with Crippen molar-refractivity contribution in [1.82, 2.24) is 4.72 Å². The first-order valence-corrected chi connectivity index (χ1v) is 8.56. The van der Waals surface area contributed by atoms with Gasteiger partial charge in [-0.25, -0.2) is 13.1 Å². The maximum absolute atomic E-state index is 12.0. The lowest BCUT2D eigenvalue weighted by atomic mass is 10.1. The Bertz CT molecular complexity index is 508. The van der Waals surface area contributed by atoms with Crippen LogP contribution in [0.4, 0.5) is 0 Å². The van der Waals surface area contributed by atoms with Gasteiger partial charge in [0.25, 0.3) is 0 Å². The molecular weight excluding hydrogens is 361 g/mol. The van der Waals surface area contributed by atoms with Gasteiger partial charge in [0.15, 0.2) is 0 Å². The van der Waals surface area contributed by atoms with Crippen molar-refractivity contribution < 1.29 is 8.42 Å². The van der Waals surface area contributed by atoms with Crippen LogP contribution in [0.15, 0.2) is 27.6 Å². The zero-order chi connectivity index (χ0) is 13.8. The Morgan fingerprint density at radius 1 is 1.44 bits per heavy atom. The second kappa shape index (κ2) is 7.10. The summed E-state index contributed by atoms with van der Waals surface area (Å²) in [6.07, 6.45) is 0.772. The number of rotatable bonds is 6. The molecule has 0 radical (unpaired) electrons. The van der Waals surface area contributed by atoms with Crippen molar-refractivity contribution in [1.29, 1.82) is 0 Å². The van der Waals surface area contributed by atoms with Crippen molar-refractivity contribution in [2.24, 2.45) is 5.92 Å². The Labute approximate surface area is 126 Å². The van der Waals surface area contributed by atoms with E-state index in [1.807, 2.05) is 6.92 Å². The van der Waals surface area contributed by atoms with Gasteiger partial charge in [0.1, 0.15) is 0 Å². The summed E-state index contributed by atoms with van der Waals surface area (Å²) in [6.45, 7) is 2.32. The summed E-state index contributed by atoms with van der Waals surface area (Å²) < 4.78 is 27.1. The highest BCUT2D eigenvalue weighted by molar-refractivity contribution is 9.10. The second-order valence-corrected chi connectivity index (χ2v) is 7.42. The van der Waals surface area contributed by atoms with Gasteiger partial charge in [0.05, 0.1) is 9.92 Å². The number of halogens is 3. The molecule has 0 spiro atoms. The summed E-state index contributed by atoms with van der Waals surface area (Å²) in [7, 11) is -3.49. The van der Waals surface area contributed by atoms with Crippen LogP contribution in [0.3, 0.4) is 0 Å². The minimum atomic E-state index is -3.49. The van der Waals surface area contributed by atoms with E-state index in [2.05, 4.69) is 20.7 Å². The van der Waals surface area contributed by atoms with Crippen molar-refractivity contribution in [2.75, 3.05) is 12.4 Å². The van der Waals surface area contributed by atoms with Crippen LogP contribution in [0.2, 0.25) is 5.02 Å². The molecule has 1 rings (SSSR count). The molecule has 0 saturated carbocycles. The molecule has 0 saturated heterocycles. The van der Waals surface area contributed by atoms with Gasteiger partial charge in [-0.3, -0.25) is 0 Å². The fourth-order valence-corrected chi connectivity index (χ4v) is 3.48. The summed E-state index contributed by atoms with van der Waals surface area (Å²) in [5, 5.41) is 0.476. The normalized spacial score (nSPS) is 13.6. The third kappa shape index (κ3) is 4.70. The number of benzene rings is 1. The summed E-state index contributed by atoms with van der Waals surface area (Å²) in [5.74, 6) is 0.725. The molecular formula is C11H14BrCl2NO2S. The molecule has 0 heterocycles. The maximum atomic E-state index is 12.0. The van der Waals surface area contributed by atoms with Crippen LogP contribution in [0, 0.1) is 5.92 Å². The van der Waals surface area contributed by atoms with E-state index in [1.54, 1.807) is 6.07 Å². The third-order valence-electron chi connectivity index (χ3n) is 2.43. The Morgan fingerprint density at radius 2 is 2.11 bits per heavy atom. The smallest absolute Gasteiger partial charge is 0.211 e. The minimum Gasteiger partial charge on any atom is -0.211 e. The van der Waals surface area contributed by atoms with E-state index in [-0.39, 0.29) is 10.8 Å². The van der Waals surface area contributed by atoms with Crippen molar-refractivity contribution in [3.05, 3.63) is 27.7 Å². The molecule has 0 aromatic heterocycles. The topological polar surface area (TPSA) is 46.2 Å². The Hall–Kier alpha value is 0.190. The Morgan fingerprint density at radius 3 is 2.67 bits per heavy atom. The van der Waals surface area contributed by atoms with Gasteiger partial charge in [-0.2, -0.15) is 0 Å². The number of sulfonamides is 1. The summed E-state index contributed by atoms with van der Waals surface area (Å²) in [6, 6.07) is 4.50. The zero-order valence-electron chi connectivity index (χ0n) is 9.79. The van der Waals surface area contributed by atoms with E-state index in [4.69, 9.17) is 23.2 Å². The molecule has 1 aromatic carbocycles. The summed E-state index contributed by atoms with van der Waals surface area (Å²) in [5.41, 5.74) is 0. The SMILES string of the molecule is CC(CCCl)CNS(=O)(=O)c1ccc(Cl)c(Br)c1. The zero-order valence-corrected chi connectivity index (χ0v) is 13.7. The van der Waals surface area contributed by atoms with Crippen LogP contribution < -0.4 is 4.72 Å². The highest BCUT2D eigenvalue weighted by Crippen LogP contribution is 2.25. The van der Waals surface area contributed by atoms with Crippen LogP contribution in [0.1, 0.15) is 13.3 Å². The fraction of sp³-hybridized carbons (Fsp3) is 0.455. The molecule has 1 aromatic rings. The van der Waals surface area contributed by atoms with Gasteiger partial charge in [-0.1, -0.05) is 18.5 Å². The first-order chi connectivity index (χ1) is 8.36. The number of alkyl halides is 1. The molecule has 0 bridgehead atoms. The largest absolute Gasteiger partial charge is 0.240 e. The highest BCUT2D eigenvalue weighted by Gasteiger charge is 2.16. The number of hydrogen-bond acceptors (Lipinski definition) is 2. The van der Waals surface area contributed by atoms with Gasteiger partial charge < -0.3 is 0 Å². The lowest BCUT2D eigenvalue weighted by molar-refractivity contribution is 0.530. The molecule has 0 fully saturated rings. The molecule has 1 atom stereocenters. The van der Waals surface area contributed by atoms with E-state index in [9.17, 15) is 8.42 Å². The van der Waals surface area contributed by atoms with Crippen molar-refractivity contribution >= 4 is 49.2 Å². The van der Waals surface area contributed by atoms with Crippen molar-refractivity contribution in [2.45, 2.75) is 18.2 Å². The molecule has 102 valence electrons. The van der Waals surface area contributed by atoms with Gasteiger partial charge >= 0.3 is 0 Å². The van der Waals surface area contributed by atoms with E-state index >= 15 is 0 Å². The van der Waals surface area contributed by atoms with Crippen LogP contribution in [0.25, 0.3) is 0 Å². The van der Waals surface area contributed by atoms with E-state index in [0.717, 1.165) is 6.42 Å². The molecule has 0 aliphatic carbocycles. The number of nitrogens with one attached hydrogen (secondary N) is 1. The molecule has 0 amide bonds. The van der Waals surface area contributed by atoms with Crippen molar-refractivity contribution in [3.63, 3.8) is 0 Å². The van der Waals surface area contributed by atoms with Gasteiger partial charge in [0.2, 0.25) is 10.0 Å². The van der Waals surface area contributed by atoms with Crippen LogP contribution in [-0.4, -0.2) is 20.8 Å². The summed E-state index contributed by atoms with van der Waals surface area (Å²) in [4.78, 5) is 0.192. The number of hydrogen-bond donors (Lipinski definition) is 1. The Kier molecular flexibility index (Phi) is 6.41. The lowest BCUT2D eigenvalue weighted by Crippen LogP contribution is -2.28. The molecule has 7 heteroatoms. The monoisotopic (exact) mass is 373 g/mol. The van der Waals surface area contributed by atoms with E-state index in [0.29, 0.717) is 21.9 Å². The molecule has 0 aliphatic rings. The highest BCUT2D eigenvalue weighted by atomic mass is 79.9. The molecule has 18 heavy (non-hydrogen) atoms. The fourth-order valence-electron chi connectivity index (χ4n) is 1.27. The molecule has 1 unspecified atom stereocenters. The first kappa shape index (κ1) is 16.2. The van der Waals surface area contributed by atoms with Gasteiger partial charge in [-0.15, -0.1) is 11.6 Å². The van der Waals surface area contributed by atoms with Gasteiger partial charge in [-0.05, 0) is 46.5 Å². The van der Waals surface area contributed by atoms with Crippen molar-refractivity contribution in [3.8, 4) is 0 Å². The quantitative estimate of drug-likeness (QED) is 0.772. The standard InChI is InChI=1S/C11H14BrCl2NO2S/c1-8(4-5-13)7-15-18(16,17)9-2-3-11(14)10(12)6-9/h2-3,6,8,15H,4-5,7H2,1H3. The van der Waals surface area contributed by atoms with Crippen LogP contribution in [-0.2, 0) is 10.0 Å². The average molecular weight is 375 g/mol. The van der Waals surface area contributed by atoms with Crippen LogP contribution >= 0.6 is 39.1 Å². The van der Waals surface area contributed by atoms with Gasteiger partial charge in [0, 0.05) is 16.9 Å². The lowest BCUT2D eigenvalue weighted by Gasteiger charge is -2.12. The van der Waals surface area contributed by atoms with E-state index in [1.165, 1.54) is 12.1 Å². The van der Waals surface area contributed by atoms with Crippen LogP contribution in [0.5, 0.6) is 0 Å². The summed E-state index contributed by atoms with van der Waals surface area (Å²) >= 11 is 14.6.